The summed E-state index contributed by atoms with van der Waals surface area (Å²) in [7, 11) is 0. The first-order chi connectivity index (χ1) is 8.52. The Kier molecular flexibility index (Phi) is 5.23. The molecule has 0 aliphatic carbocycles. The Hall–Kier alpha value is -1.98. The van der Waals surface area contributed by atoms with Crippen molar-refractivity contribution in [1.29, 1.82) is 0 Å². The van der Waals surface area contributed by atoms with Crippen LogP contribution in [0.5, 0.6) is 0 Å². The molecule has 0 aromatic heterocycles. The molecule has 0 spiro atoms. The van der Waals surface area contributed by atoms with Gasteiger partial charge >= 0.3 is 0 Å². The summed E-state index contributed by atoms with van der Waals surface area (Å²) >= 11 is 0. The number of hydrogen-bond acceptors (Lipinski definition) is 2. The Morgan fingerprint density at radius 1 is 1.22 bits per heavy atom. The van der Waals surface area contributed by atoms with Gasteiger partial charge in [-0.1, -0.05) is 6.92 Å². The monoisotopic (exact) mass is 256 g/mol. The molecular formula is C12H14F2N2O2. The zero-order valence-electron chi connectivity index (χ0n) is 9.93. The van der Waals surface area contributed by atoms with Crippen LogP contribution in [0.3, 0.4) is 0 Å². The van der Waals surface area contributed by atoms with Gasteiger partial charge in [-0.15, -0.1) is 0 Å². The molecule has 0 bridgehead atoms. The van der Waals surface area contributed by atoms with E-state index in [4.69, 9.17) is 0 Å². The molecule has 0 aliphatic heterocycles. The van der Waals surface area contributed by atoms with E-state index >= 15 is 0 Å². The fourth-order valence-corrected chi connectivity index (χ4v) is 1.25. The molecule has 0 saturated carbocycles. The number of anilines is 1. The first-order valence-corrected chi connectivity index (χ1v) is 5.54. The number of benzene rings is 1. The Morgan fingerprint density at radius 2 is 1.94 bits per heavy atom. The lowest BCUT2D eigenvalue weighted by Crippen LogP contribution is -2.27. The van der Waals surface area contributed by atoms with Crippen LogP contribution < -0.4 is 10.6 Å². The number of carbonyl (C=O) groups is 2. The standard InChI is InChI=1S/C12H14F2N2O2/c1-2-11(17)15-6-5-12(18)16-10-7-8(13)3-4-9(10)14/h3-4,7H,2,5-6H2,1H3,(H,15,17)(H,16,18). The van der Waals surface area contributed by atoms with E-state index in [-0.39, 0.29) is 24.6 Å². The van der Waals surface area contributed by atoms with Crippen LogP contribution in [0.25, 0.3) is 0 Å². The minimum atomic E-state index is -0.706. The fourth-order valence-electron chi connectivity index (χ4n) is 1.25. The third-order valence-corrected chi connectivity index (χ3v) is 2.20. The van der Waals surface area contributed by atoms with E-state index in [1.807, 2.05) is 0 Å². The van der Waals surface area contributed by atoms with Crippen LogP contribution in [0.1, 0.15) is 19.8 Å². The van der Waals surface area contributed by atoms with Crippen LogP contribution in [0, 0.1) is 11.6 Å². The molecule has 1 aromatic carbocycles. The van der Waals surface area contributed by atoms with Gasteiger partial charge in [0, 0.05) is 25.5 Å². The molecule has 0 saturated heterocycles. The van der Waals surface area contributed by atoms with Gasteiger partial charge in [-0.3, -0.25) is 9.59 Å². The molecule has 2 amide bonds. The summed E-state index contributed by atoms with van der Waals surface area (Å²) < 4.78 is 26.0. The highest BCUT2D eigenvalue weighted by molar-refractivity contribution is 5.91. The zero-order chi connectivity index (χ0) is 13.5. The summed E-state index contributed by atoms with van der Waals surface area (Å²) in [6, 6.07) is 2.80. The van der Waals surface area contributed by atoms with Gasteiger partial charge in [-0.2, -0.15) is 0 Å². The van der Waals surface area contributed by atoms with Crippen LogP contribution in [0.15, 0.2) is 18.2 Å². The molecule has 1 rings (SSSR count). The van der Waals surface area contributed by atoms with Crippen molar-refractivity contribution in [3.05, 3.63) is 29.8 Å². The van der Waals surface area contributed by atoms with Crippen LogP contribution in [0.4, 0.5) is 14.5 Å². The average Bonchev–Trinajstić information content (AvgIpc) is 2.33. The van der Waals surface area contributed by atoms with Gasteiger partial charge in [0.2, 0.25) is 11.8 Å². The summed E-state index contributed by atoms with van der Waals surface area (Å²) in [6.07, 6.45) is 0.335. The van der Waals surface area contributed by atoms with Crippen molar-refractivity contribution in [2.75, 3.05) is 11.9 Å². The Labute approximate surface area is 103 Å². The van der Waals surface area contributed by atoms with Crippen LogP contribution in [-0.2, 0) is 9.59 Å². The van der Waals surface area contributed by atoms with Gasteiger partial charge in [-0.25, -0.2) is 8.78 Å². The third kappa shape index (κ3) is 4.48. The van der Waals surface area contributed by atoms with Crippen molar-refractivity contribution in [2.45, 2.75) is 19.8 Å². The summed E-state index contributed by atoms with van der Waals surface area (Å²) in [5.41, 5.74) is -0.207. The molecule has 0 fully saturated rings. The van der Waals surface area contributed by atoms with Gasteiger partial charge in [0.25, 0.3) is 0 Å². The molecule has 0 atom stereocenters. The summed E-state index contributed by atoms with van der Waals surface area (Å²) in [5, 5.41) is 4.74. The molecular weight excluding hydrogens is 242 g/mol. The van der Waals surface area contributed by atoms with Crippen molar-refractivity contribution in [2.24, 2.45) is 0 Å². The number of carbonyl (C=O) groups excluding carboxylic acids is 2. The molecule has 18 heavy (non-hydrogen) atoms. The minimum absolute atomic E-state index is 0.00168. The highest BCUT2D eigenvalue weighted by Gasteiger charge is 2.08. The molecule has 0 radical (unpaired) electrons. The minimum Gasteiger partial charge on any atom is -0.356 e. The molecule has 0 heterocycles. The highest BCUT2D eigenvalue weighted by atomic mass is 19.1. The first kappa shape index (κ1) is 14.1. The number of rotatable bonds is 5. The maximum atomic E-state index is 13.2. The zero-order valence-corrected chi connectivity index (χ0v) is 9.93. The average molecular weight is 256 g/mol. The lowest BCUT2D eigenvalue weighted by atomic mass is 10.3. The molecule has 0 aliphatic rings. The number of amides is 2. The van der Waals surface area contributed by atoms with E-state index in [1.54, 1.807) is 6.92 Å². The Bertz CT molecular complexity index is 450. The summed E-state index contributed by atoms with van der Waals surface area (Å²) in [4.78, 5) is 22.3. The van der Waals surface area contributed by atoms with Gasteiger partial charge in [0.05, 0.1) is 5.69 Å². The predicted molar refractivity (Wildman–Crippen MR) is 62.9 cm³/mol. The quantitative estimate of drug-likeness (QED) is 0.844. The van der Waals surface area contributed by atoms with Gasteiger partial charge in [0.1, 0.15) is 11.6 Å². The normalized spacial score (nSPS) is 9.94. The van der Waals surface area contributed by atoms with E-state index in [2.05, 4.69) is 10.6 Å². The van der Waals surface area contributed by atoms with E-state index in [9.17, 15) is 18.4 Å². The van der Waals surface area contributed by atoms with Gasteiger partial charge < -0.3 is 10.6 Å². The predicted octanol–water partition coefficient (Wildman–Crippen LogP) is 1.82. The van der Waals surface area contributed by atoms with Crippen LogP contribution in [-0.4, -0.2) is 18.4 Å². The SMILES string of the molecule is CCC(=O)NCCC(=O)Nc1cc(F)ccc1F. The molecule has 0 unspecified atom stereocenters. The van der Waals surface area contributed by atoms with E-state index < -0.39 is 17.5 Å². The molecule has 1 aromatic rings. The van der Waals surface area contributed by atoms with E-state index in [0.717, 1.165) is 18.2 Å². The van der Waals surface area contributed by atoms with Crippen molar-refractivity contribution in [3.63, 3.8) is 0 Å². The number of halogens is 2. The molecule has 2 N–H and O–H groups in total. The second-order valence-corrected chi connectivity index (χ2v) is 3.63. The fraction of sp³-hybridized carbons (Fsp3) is 0.333. The second-order valence-electron chi connectivity index (χ2n) is 3.63. The van der Waals surface area contributed by atoms with E-state index in [0.29, 0.717) is 6.42 Å². The molecule has 6 heteroatoms. The van der Waals surface area contributed by atoms with Crippen molar-refractivity contribution < 1.29 is 18.4 Å². The number of hydrogen-bond donors (Lipinski definition) is 2. The second kappa shape index (κ2) is 6.68. The lowest BCUT2D eigenvalue weighted by Gasteiger charge is -2.07. The van der Waals surface area contributed by atoms with Gasteiger partial charge in [-0.05, 0) is 12.1 Å². The van der Waals surface area contributed by atoms with Crippen molar-refractivity contribution in [1.82, 2.24) is 5.32 Å². The summed E-state index contributed by atoms with van der Waals surface area (Å²) in [5.74, 6) is -2.00. The number of nitrogens with one attached hydrogen (secondary N) is 2. The maximum absolute atomic E-state index is 13.2. The highest BCUT2D eigenvalue weighted by Crippen LogP contribution is 2.15. The maximum Gasteiger partial charge on any atom is 0.226 e. The first-order valence-electron chi connectivity index (χ1n) is 5.54. The van der Waals surface area contributed by atoms with Crippen molar-refractivity contribution in [3.8, 4) is 0 Å². The Morgan fingerprint density at radius 3 is 2.61 bits per heavy atom. The molecule has 98 valence electrons. The largest absolute Gasteiger partial charge is 0.356 e. The topological polar surface area (TPSA) is 58.2 Å². The smallest absolute Gasteiger partial charge is 0.226 e. The van der Waals surface area contributed by atoms with E-state index in [1.165, 1.54) is 0 Å². The van der Waals surface area contributed by atoms with Crippen LogP contribution >= 0.6 is 0 Å². The third-order valence-electron chi connectivity index (χ3n) is 2.20. The lowest BCUT2D eigenvalue weighted by molar-refractivity contribution is -0.121. The Balaban J connectivity index is 2.44. The van der Waals surface area contributed by atoms with Crippen LogP contribution in [0.2, 0.25) is 0 Å². The van der Waals surface area contributed by atoms with Gasteiger partial charge in [0.15, 0.2) is 0 Å². The summed E-state index contributed by atoms with van der Waals surface area (Å²) in [6.45, 7) is 1.85. The van der Waals surface area contributed by atoms with Crippen molar-refractivity contribution >= 4 is 17.5 Å². The molecule has 4 nitrogen and oxygen atoms in total.